The van der Waals surface area contributed by atoms with Gasteiger partial charge in [-0.25, -0.2) is 12.8 Å². The number of alkyl halides is 1. The summed E-state index contributed by atoms with van der Waals surface area (Å²) in [7, 11) is -3.47. The van der Waals surface area contributed by atoms with Crippen LogP contribution in [0.1, 0.15) is 48.9 Å². The fourth-order valence-electron chi connectivity index (χ4n) is 4.26. The van der Waals surface area contributed by atoms with Gasteiger partial charge >= 0.3 is 0 Å². The number of amides is 1. The first-order valence-corrected chi connectivity index (χ1v) is 13.6. The summed E-state index contributed by atoms with van der Waals surface area (Å²) in [6.07, 6.45) is 4.19. The zero-order valence-corrected chi connectivity index (χ0v) is 19.6. The molecule has 8 heteroatoms. The number of anilines is 1. The molecule has 1 aliphatic heterocycles. The molecule has 0 aromatic heterocycles. The standard InChI is InChI=1S/C24H29FN2O3S2/c25-19-9-7-18(8-10-19)17-31-23-6-2-1-5-22(23)24(28)26-20-11-13-21(14-12-20)32(29,30)27-15-3-4-16-27/h1-2,5-6,11-14,18-19H,3-4,7-10,15-17H2,(H,26,28). The normalized spacial score (nSPS) is 22.0. The Labute approximate surface area is 193 Å². The Morgan fingerprint density at radius 3 is 2.34 bits per heavy atom. The molecule has 1 saturated carbocycles. The van der Waals surface area contributed by atoms with Gasteiger partial charge in [0.2, 0.25) is 10.0 Å². The first-order chi connectivity index (χ1) is 15.4. The molecule has 1 aliphatic carbocycles. The highest BCUT2D eigenvalue weighted by atomic mass is 32.2. The van der Waals surface area contributed by atoms with E-state index in [0.717, 1.165) is 36.3 Å². The first kappa shape index (κ1) is 23.3. The fourth-order valence-corrected chi connectivity index (χ4v) is 7.02. The molecule has 0 bridgehead atoms. The Balaban J connectivity index is 1.39. The van der Waals surface area contributed by atoms with Gasteiger partial charge in [0, 0.05) is 29.4 Å². The SMILES string of the molecule is O=C(Nc1ccc(S(=O)(=O)N2CCCC2)cc1)c1ccccc1SCC1CCC(F)CC1. The number of sulfonamides is 1. The van der Waals surface area contributed by atoms with Crippen molar-refractivity contribution < 1.29 is 17.6 Å². The van der Waals surface area contributed by atoms with Crippen LogP contribution in [0.15, 0.2) is 58.3 Å². The molecule has 32 heavy (non-hydrogen) atoms. The summed E-state index contributed by atoms with van der Waals surface area (Å²) < 4.78 is 40.2. The van der Waals surface area contributed by atoms with Crippen LogP contribution in [0.2, 0.25) is 0 Å². The Kier molecular flexibility index (Phi) is 7.53. The van der Waals surface area contributed by atoms with Crippen molar-refractivity contribution in [1.82, 2.24) is 4.31 Å². The molecule has 5 nitrogen and oxygen atoms in total. The zero-order valence-electron chi connectivity index (χ0n) is 18.0. The van der Waals surface area contributed by atoms with Gasteiger partial charge in [0.25, 0.3) is 5.91 Å². The molecule has 1 amide bonds. The van der Waals surface area contributed by atoms with Crippen molar-refractivity contribution in [3.8, 4) is 0 Å². The van der Waals surface area contributed by atoms with E-state index in [4.69, 9.17) is 0 Å². The topological polar surface area (TPSA) is 66.5 Å². The van der Waals surface area contributed by atoms with Gasteiger partial charge in [0.15, 0.2) is 0 Å². The number of hydrogen-bond acceptors (Lipinski definition) is 4. The van der Waals surface area contributed by atoms with Crippen LogP contribution in [0.5, 0.6) is 0 Å². The number of rotatable bonds is 7. The average molecular weight is 477 g/mol. The molecule has 2 aromatic carbocycles. The molecule has 2 aliphatic rings. The van der Waals surface area contributed by atoms with Gasteiger partial charge in [0.05, 0.1) is 10.5 Å². The van der Waals surface area contributed by atoms with Crippen molar-refractivity contribution in [1.29, 1.82) is 0 Å². The molecule has 1 saturated heterocycles. The lowest BCUT2D eigenvalue weighted by molar-refractivity contribution is 0.102. The largest absolute Gasteiger partial charge is 0.322 e. The average Bonchev–Trinajstić information content (AvgIpc) is 3.35. The Hall–Kier alpha value is -1.90. The van der Waals surface area contributed by atoms with Gasteiger partial charge in [-0.2, -0.15) is 4.31 Å². The van der Waals surface area contributed by atoms with E-state index < -0.39 is 16.2 Å². The van der Waals surface area contributed by atoms with Crippen LogP contribution in [0.4, 0.5) is 10.1 Å². The maximum absolute atomic E-state index is 13.4. The number of benzene rings is 2. The quantitative estimate of drug-likeness (QED) is 0.548. The van der Waals surface area contributed by atoms with Crippen molar-refractivity contribution in [3.63, 3.8) is 0 Å². The number of nitrogens with one attached hydrogen (secondary N) is 1. The van der Waals surface area contributed by atoms with Gasteiger partial charge < -0.3 is 5.32 Å². The third-order valence-corrected chi connectivity index (χ3v) is 9.42. The van der Waals surface area contributed by atoms with E-state index in [2.05, 4.69) is 5.32 Å². The molecular formula is C24H29FN2O3S2. The highest BCUT2D eigenvalue weighted by Gasteiger charge is 2.27. The fraction of sp³-hybridized carbons (Fsp3) is 0.458. The maximum atomic E-state index is 13.4. The van der Waals surface area contributed by atoms with E-state index in [9.17, 15) is 17.6 Å². The minimum Gasteiger partial charge on any atom is -0.322 e. The summed E-state index contributed by atoms with van der Waals surface area (Å²) in [6.45, 7) is 1.12. The van der Waals surface area contributed by atoms with Crippen LogP contribution in [0.25, 0.3) is 0 Å². The molecule has 0 radical (unpaired) electrons. The predicted octanol–water partition coefficient (Wildman–Crippen LogP) is 5.34. The Morgan fingerprint density at radius 1 is 1.00 bits per heavy atom. The molecular weight excluding hydrogens is 447 g/mol. The van der Waals surface area contributed by atoms with Gasteiger partial charge in [-0.05, 0) is 80.8 Å². The van der Waals surface area contributed by atoms with Crippen LogP contribution in [-0.2, 0) is 10.0 Å². The molecule has 2 fully saturated rings. The highest BCUT2D eigenvalue weighted by molar-refractivity contribution is 7.99. The van der Waals surface area contributed by atoms with E-state index in [1.807, 2.05) is 18.2 Å². The number of carbonyl (C=O) groups excluding carboxylic acids is 1. The van der Waals surface area contributed by atoms with Crippen molar-refractivity contribution in [2.75, 3.05) is 24.2 Å². The smallest absolute Gasteiger partial charge is 0.256 e. The predicted molar refractivity (Wildman–Crippen MR) is 126 cm³/mol. The first-order valence-electron chi connectivity index (χ1n) is 11.2. The minimum atomic E-state index is -3.47. The van der Waals surface area contributed by atoms with E-state index in [0.29, 0.717) is 43.1 Å². The number of thioether (sulfide) groups is 1. The van der Waals surface area contributed by atoms with Crippen LogP contribution < -0.4 is 5.32 Å². The second kappa shape index (κ2) is 10.4. The third-order valence-electron chi connectivity index (χ3n) is 6.20. The van der Waals surface area contributed by atoms with E-state index in [-0.39, 0.29) is 10.8 Å². The lowest BCUT2D eigenvalue weighted by atomic mass is 9.90. The molecule has 0 atom stereocenters. The number of halogens is 1. The molecule has 0 unspecified atom stereocenters. The Morgan fingerprint density at radius 2 is 1.66 bits per heavy atom. The highest BCUT2D eigenvalue weighted by Crippen LogP contribution is 2.33. The summed E-state index contributed by atoms with van der Waals surface area (Å²) in [5.74, 6) is 1.13. The number of hydrogen-bond donors (Lipinski definition) is 1. The van der Waals surface area contributed by atoms with Crippen LogP contribution in [0, 0.1) is 5.92 Å². The summed E-state index contributed by atoms with van der Waals surface area (Å²) in [6, 6.07) is 13.8. The minimum absolute atomic E-state index is 0.226. The van der Waals surface area contributed by atoms with Crippen LogP contribution in [0.3, 0.4) is 0 Å². The number of carbonyl (C=O) groups is 1. The van der Waals surface area contributed by atoms with Crippen molar-refractivity contribution in [2.45, 2.75) is 54.5 Å². The monoisotopic (exact) mass is 476 g/mol. The summed E-state index contributed by atoms with van der Waals surface area (Å²) in [5.41, 5.74) is 1.14. The third kappa shape index (κ3) is 5.53. The van der Waals surface area contributed by atoms with Gasteiger partial charge in [-0.15, -0.1) is 11.8 Å². The van der Waals surface area contributed by atoms with Crippen LogP contribution in [-0.4, -0.2) is 43.6 Å². The molecule has 1 heterocycles. The van der Waals surface area contributed by atoms with Crippen molar-refractivity contribution in [3.05, 3.63) is 54.1 Å². The molecule has 1 N–H and O–H groups in total. The lowest BCUT2D eigenvalue weighted by Crippen LogP contribution is -2.27. The lowest BCUT2D eigenvalue weighted by Gasteiger charge is -2.24. The van der Waals surface area contributed by atoms with E-state index >= 15 is 0 Å². The second-order valence-electron chi connectivity index (χ2n) is 8.51. The zero-order chi connectivity index (χ0) is 22.6. The molecule has 2 aromatic rings. The van der Waals surface area contributed by atoms with E-state index in [1.54, 1.807) is 42.1 Å². The summed E-state index contributed by atoms with van der Waals surface area (Å²) in [4.78, 5) is 14.1. The Bertz CT molecular complexity index is 1030. The molecule has 0 spiro atoms. The van der Waals surface area contributed by atoms with Gasteiger partial charge in [-0.3, -0.25) is 4.79 Å². The van der Waals surface area contributed by atoms with Crippen LogP contribution >= 0.6 is 11.8 Å². The summed E-state index contributed by atoms with van der Waals surface area (Å²) >= 11 is 1.65. The molecule has 4 rings (SSSR count). The van der Waals surface area contributed by atoms with Crippen molar-refractivity contribution >= 4 is 33.4 Å². The second-order valence-corrected chi connectivity index (χ2v) is 11.5. The van der Waals surface area contributed by atoms with E-state index in [1.165, 1.54) is 4.31 Å². The van der Waals surface area contributed by atoms with Crippen molar-refractivity contribution in [2.24, 2.45) is 5.92 Å². The maximum Gasteiger partial charge on any atom is 0.256 e. The summed E-state index contributed by atoms with van der Waals surface area (Å²) in [5, 5.41) is 2.88. The molecule has 172 valence electrons. The van der Waals surface area contributed by atoms with Gasteiger partial charge in [0.1, 0.15) is 6.17 Å². The number of nitrogens with zero attached hydrogens (tertiary/aromatic N) is 1. The van der Waals surface area contributed by atoms with Gasteiger partial charge in [-0.1, -0.05) is 12.1 Å².